The number of methoxy groups -OCH3 is 2. The van der Waals surface area contributed by atoms with E-state index in [1.807, 2.05) is 62.4 Å². The topological polar surface area (TPSA) is 82.5 Å². The molecule has 1 aromatic heterocycles. The summed E-state index contributed by atoms with van der Waals surface area (Å²) in [6.45, 7) is 4.80. The maximum Gasteiger partial charge on any atom is 0.262 e. The first kappa shape index (κ1) is 28.5. The molecule has 3 aromatic carbocycles. The van der Waals surface area contributed by atoms with E-state index in [4.69, 9.17) is 26.1 Å². The van der Waals surface area contributed by atoms with Gasteiger partial charge in [0.2, 0.25) is 5.91 Å². The summed E-state index contributed by atoms with van der Waals surface area (Å²) in [5.74, 6) is 0.833. The molecule has 4 rings (SSSR count). The number of aromatic nitrogens is 2. The van der Waals surface area contributed by atoms with Crippen molar-refractivity contribution < 1.29 is 14.3 Å². The zero-order chi connectivity index (χ0) is 27.9. The molecular weight excluding hydrogens is 534 g/mol. The van der Waals surface area contributed by atoms with Gasteiger partial charge in [-0.1, -0.05) is 72.2 Å². The number of fused-ring (bicyclic) bond motifs is 1. The summed E-state index contributed by atoms with van der Waals surface area (Å²) in [4.78, 5) is 31.8. The summed E-state index contributed by atoms with van der Waals surface area (Å²) in [5, 5.41) is 4.16. The van der Waals surface area contributed by atoms with Crippen LogP contribution in [0.15, 0.2) is 70.6 Å². The van der Waals surface area contributed by atoms with E-state index in [0.717, 1.165) is 11.1 Å². The molecule has 1 atom stereocenters. The van der Waals surface area contributed by atoms with Crippen LogP contribution in [0.2, 0.25) is 5.02 Å². The van der Waals surface area contributed by atoms with Gasteiger partial charge in [0.15, 0.2) is 16.7 Å². The van der Waals surface area contributed by atoms with Crippen LogP contribution in [-0.4, -0.2) is 34.9 Å². The van der Waals surface area contributed by atoms with E-state index in [-0.39, 0.29) is 11.5 Å². The molecule has 9 heteroatoms. The van der Waals surface area contributed by atoms with Crippen LogP contribution in [0.25, 0.3) is 10.9 Å². The molecule has 0 radical (unpaired) electrons. The van der Waals surface area contributed by atoms with E-state index in [9.17, 15) is 9.59 Å². The summed E-state index contributed by atoms with van der Waals surface area (Å²) >= 11 is 7.34. The molecule has 204 valence electrons. The van der Waals surface area contributed by atoms with E-state index >= 15 is 0 Å². The van der Waals surface area contributed by atoms with E-state index in [1.54, 1.807) is 16.7 Å². The van der Waals surface area contributed by atoms with Gasteiger partial charge in [0.1, 0.15) is 0 Å². The van der Waals surface area contributed by atoms with Gasteiger partial charge < -0.3 is 14.8 Å². The third kappa shape index (κ3) is 6.94. The number of carbonyl (C=O) groups is 1. The summed E-state index contributed by atoms with van der Waals surface area (Å²) < 4.78 is 12.5. The van der Waals surface area contributed by atoms with Crippen molar-refractivity contribution in [2.24, 2.45) is 0 Å². The molecule has 0 spiro atoms. The highest BCUT2D eigenvalue weighted by Gasteiger charge is 2.23. The quantitative estimate of drug-likeness (QED) is 0.183. The van der Waals surface area contributed by atoms with Crippen molar-refractivity contribution in [1.29, 1.82) is 0 Å². The zero-order valence-corrected chi connectivity index (χ0v) is 24.1. The minimum absolute atomic E-state index is 0.103. The van der Waals surface area contributed by atoms with E-state index in [1.165, 1.54) is 31.5 Å². The largest absolute Gasteiger partial charge is 0.493 e. The third-order valence-corrected chi connectivity index (χ3v) is 8.07. The number of rotatable bonds is 11. The number of aryl methyl sites for hydroxylation is 2. The Hall–Kier alpha value is -3.49. The van der Waals surface area contributed by atoms with Gasteiger partial charge >= 0.3 is 0 Å². The predicted molar refractivity (Wildman–Crippen MR) is 157 cm³/mol. The van der Waals surface area contributed by atoms with Crippen LogP contribution >= 0.6 is 23.4 Å². The number of carbonyl (C=O) groups excluding carboxylic acids is 1. The molecule has 1 N–H and O–H groups in total. The van der Waals surface area contributed by atoms with Crippen molar-refractivity contribution in [3.8, 4) is 11.5 Å². The normalized spacial score (nSPS) is 11.8. The molecule has 0 aliphatic heterocycles. The summed E-state index contributed by atoms with van der Waals surface area (Å²) in [6.07, 6.45) is 1.17. The molecule has 0 saturated carbocycles. The van der Waals surface area contributed by atoms with Crippen LogP contribution in [0, 0.1) is 6.92 Å². The second-order valence-corrected chi connectivity index (χ2v) is 10.8. The van der Waals surface area contributed by atoms with Crippen molar-refractivity contribution in [1.82, 2.24) is 14.9 Å². The van der Waals surface area contributed by atoms with Crippen molar-refractivity contribution in [2.75, 3.05) is 14.2 Å². The Morgan fingerprint density at radius 3 is 2.31 bits per heavy atom. The van der Waals surface area contributed by atoms with E-state index < -0.39 is 5.25 Å². The van der Waals surface area contributed by atoms with Crippen molar-refractivity contribution in [3.05, 3.63) is 92.7 Å². The van der Waals surface area contributed by atoms with Crippen molar-refractivity contribution >= 4 is 40.2 Å². The molecule has 0 aliphatic rings. The Morgan fingerprint density at radius 2 is 1.67 bits per heavy atom. The second-order valence-electron chi connectivity index (χ2n) is 9.17. The van der Waals surface area contributed by atoms with E-state index in [2.05, 4.69) is 5.32 Å². The first-order valence-electron chi connectivity index (χ1n) is 12.7. The minimum atomic E-state index is -0.429. The maximum atomic E-state index is 13.8. The molecule has 4 aromatic rings. The molecule has 39 heavy (non-hydrogen) atoms. The van der Waals surface area contributed by atoms with Crippen LogP contribution in [0.5, 0.6) is 11.5 Å². The average Bonchev–Trinajstić information content (AvgIpc) is 2.95. The van der Waals surface area contributed by atoms with Crippen LogP contribution in [0.3, 0.4) is 0 Å². The van der Waals surface area contributed by atoms with Gasteiger partial charge in [-0.25, -0.2) is 4.98 Å². The zero-order valence-electron chi connectivity index (χ0n) is 22.5. The molecule has 0 fully saturated rings. The Kier molecular flexibility index (Phi) is 9.54. The average molecular weight is 566 g/mol. The predicted octanol–water partition coefficient (Wildman–Crippen LogP) is 5.81. The number of benzene rings is 3. The summed E-state index contributed by atoms with van der Waals surface area (Å²) in [6, 6.07) is 18.9. The maximum absolute atomic E-state index is 13.8. The Bertz CT molecular complexity index is 1500. The SMILES string of the molecule is CC[C@@H](Sc1nc2cc(OC)c(OC)cc2c(=O)n1CCc1ccc(Cl)cc1)C(=O)NCc1ccc(C)cc1. The van der Waals surface area contributed by atoms with Gasteiger partial charge in [0.05, 0.1) is 30.4 Å². The highest BCUT2D eigenvalue weighted by atomic mass is 35.5. The number of thioether (sulfide) groups is 1. The third-order valence-electron chi connectivity index (χ3n) is 6.46. The first-order valence-corrected chi connectivity index (χ1v) is 14.0. The lowest BCUT2D eigenvalue weighted by molar-refractivity contribution is -0.120. The second kappa shape index (κ2) is 13.0. The summed E-state index contributed by atoms with van der Waals surface area (Å²) in [7, 11) is 3.07. The summed E-state index contributed by atoms with van der Waals surface area (Å²) in [5.41, 5.74) is 3.52. The van der Waals surface area contributed by atoms with Gasteiger partial charge in [-0.3, -0.25) is 14.2 Å². The first-order chi connectivity index (χ1) is 18.8. The van der Waals surface area contributed by atoms with Gasteiger partial charge in [0.25, 0.3) is 5.56 Å². The molecule has 7 nitrogen and oxygen atoms in total. The number of ether oxygens (including phenoxy) is 2. The number of amides is 1. The van der Waals surface area contributed by atoms with Crippen molar-refractivity contribution in [2.45, 2.75) is 50.2 Å². The standard InChI is InChI=1S/C30H32ClN3O4S/c1-5-27(28(35)32-18-21-8-6-19(2)7-9-21)39-30-33-24-17-26(38-4)25(37-3)16-23(24)29(36)34(30)15-14-20-10-12-22(31)13-11-20/h6-13,16-17,27H,5,14-15,18H2,1-4H3,(H,32,35)/t27-/m1/s1. The fraction of sp³-hybridized carbons (Fsp3) is 0.300. The molecule has 0 aliphatic carbocycles. The minimum Gasteiger partial charge on any atom is -0.493 e. The molecule has 0 unspecified atom stereocenters. The molecule has 1 heterocycles. The van der Waals surface area contributed by atoms with Gasteiger partial charge in [-0.2, -0.15) is 0 Å². The van der Waals surface area contributed by atoms with Crippen LogP contribution in [-0.2, 0) is 24.3 Å². The lowest BCUT2D eigenvalue weighted by Gasteiger charge is -2.19. The smallest absolute Gasteiger partial charge is 0.262 e. The number of nitrogens with one attached hydrogen (secondary N) is 1. The van der Waals surface area contributed by atoms with Crippen LogP contribution in [0.1, 0.15) is 30.0 Å². The lowest BCUT2D eigenvalue weighted by Crippen LogP contribution is -2.33. The number of hydrogen-bond acceptors (Lipinski definition) is 6. The fourth-order valence-corrected chi connectivity index (χ4v) is 5.36. The Morgan fingerprint density at radius 1 is 1.03 bits per heavy atom. The van der Waals surface area contributed by atoms with Crippen LogP contribution < -0.4 is 20.3 Å². The van der Waals surface area contributed by atoms with Gasteiger partial charge in [0, 0.05) is 24.2 Å². The Labute approximate surface area is 237 Å². The Balaban J connectivity index is 1.66. The number of halogens is 1. The highest BCUT2D eigenvalue weighted by Crippen LogP contribution is 2.32. The van der Waals surface area contributed by atoms with Crippen molar-refractivity contribution in [3.63, 3.8) is 0 Å². The van der Waals surface area contributed by atoms with E-state index in [0.29, 0.717) is 58.5 Å². The molecule has 1 amide bonds. The molecular formula is C30H32ClN3O4S. The van der Waals surface area contributed by atoms with Gasteiger partial charge in [-0.05, 0) is 49.1 Å². The highest BCUT2D eigenvalue weighted by molar-refractivity contribution is 8.00. The number of hydrogen-bond donors (Lipinski definition) is 1. The lowest BCUT2D eigenvalue weighted by atomic mass is 10.1. The molecule has 0 saturated heterocycles. The molecule has 0 bridgehead atoms. The van der Waals surface area contributed by atoms with Gasteiger partial charge in [-0.15, -0.1) is 0 Å². The number of nitrogens with zero attached hydrogens (tertiary/aromatic N) is 2. The monoisotopic (exact) mass is 565 g/mol. The fourth-order valence-electron chi connectivity index (χ4n) is 4.17. The van der Waals surface area contributed by atoms with Crippen LogP contribution in [0.4, 0.5) is 0 Å².